The Kier molecular flexibility index (Phi) is 2.11. The van der Waals surface area contributed by atoms with Crippen molar-refractivity contribution in [2.45, 2.75) is 0 Å². The average Bonchev–Trinajstić information content (AvgIpc) is 2.28. The number of benzene rings is 2. The van der Waals surface area contributed by atoms with Crippen LogP contribution in [0.25, 0.3) is 22.4 Å². The standard InChI is InChI=1S/C14H12N2/c1-2-5-11(6-3-1)12-7-4-8-13(9-12)14-10-15-16-14/h1-10,15-16H. The van der Waals surface area contributed by atoms with E-state index in [2.05, 4.69) is 58.7 Å². The third-order valence-electron chi connectivity index (χ3n) is 2.70. The van der Waals surface area contributed by atoms with Gasteiger partial charge in [-0.05, 0) is 17.2 Å². The zero-order chi connectivity index (χ0) is 10.8. The Bertz CT molecular complexity index is 566. The highest BCUT2D eigenvalue weighted by atomic mass is 15.1. The van der Waals surface area contributed by atoms with Gasteiger partial charge in [-0.3, -0.25) is 5.10 Å². The highest BCUT2D eigenvalue weighted by molar-refractivity contribution is 5.71. The lowest BCUT2D eigenvalue weighted by molar-refractivity contribution is 0.974. The maximum atomic E-state index is 3.05. The van der Waals surface area contributed by atoms with Crippen LogP contribution in [0.15, 0.2) is 60.8 Å². The van der Waals surface area contributed by atoms with Gasteiger partial charge in [0.25, 0.3) is 0 Å². The molecule has 0 saturated carbocycles. The number of nitrogens with one attached hydrogen (secondary N) is 2. The summed E-state index contributed by atoms with van der Waals surface area (Å²) in [6, 6.07) is 18.9. The summed E-state index contributed by atoms with van der Waals surface area (Å²) in [6.45, 7) is 0. The van der Waals surface area contributed by atoms with Crippen molar-refractivity contribution in [2.75, 3.05) is 0 Å². The fraction of sp³-hybridized carbons (Fsp3) is 0. The molecule has 0 saturated heterocycles. The Hall–Kier alpha value is -2.22. The van der Waals surface area contributed by atoms with Crippen molar-refractivity contribution in [3.05, 3.63) is 60.8 Å². The Balaban J connectivity index is 2.05. The largest absolute Gasteiger partial charge is 0.306 e. The van der Waals surface area contributed by atoms with Crippen molar-refractivity contribution in [1.82, 2.24) is 10.2 Å². The Morgan fingerprint density at radius 2 is 1.38 bits per heavy atom. The van der Waals surface area contributed by atoms with E-state index in [0.717, 1.165) is 5.69 Å². The van der Waals surface area contributed by atoms with Crippen molar-refractivity contribution < 1.29 is 0 Å². The molecule has 3 aromatic rings. The van der Waals surface area contributed by atoms with Crippen LogP contribution in [0.5, 0.6) is 0 Å². The second-order valence-corrected chi connectivity index (χ2v) is 3.77. The predicted molar refractivity (Wildman–Crippen MR) is 66.0 cm³/mol. The molecule has 0 spiro atoms. The summed E-state index contributed by atoms with van der Waals surface area (Å²) >= 11 is 0. The first-order valence-corrected chi connectivity index (χ1v) is 5.31. The van der Waals surface area contributed by atoms with Gasteiger partial charge in [0.05, 0.1) is 5.69 Å². The summed E-state index contributed by atoms with van der Waals surface area (Å²) < 4.78 is 0. The van der Waals surface area contributed by atoms with Crippen LogP contribution in [0.3, 0.4) is 0 Å². The van der Waals surface area contributed by atoms with Crippen LogP contribution in [0, 0.1) is 0 Å². The first-order valence-electron chi connectivity index (χ1n) is 5.31. The van der Waals surface area contributed by atoms with Gasteiger partial charge in [-0.15, -0.1) is 0 Å². The zero-order valence-electron chi connectivity index (χ0n) is 8.77. The number of hydrogen-bond acceptors (Lipinski definition) is 0. The summed E-state index contributed by atoms with van der Waals surface area (Å²) in [5.41, 5.74) is 4.84. The number of aromatic amines is 2. The van der Waals surface area contributed by atoms with E-state index in [-0.39, 0.29) is 0 Å². The molecule has 0 radical (unpaired) electrons. The summed E-state index contributed by atoms with van der Waals surface area (Å²) in [7, 11) is 0. The fourth-order valence-corrected chi connectivity index (χ4v) is 1.80. The zero-order valence-corrected chi connectivity index (χ0v) is 8.77. The van der Waals surface area contributed by atoms with Crippen molar-refractivity contribution in [2.24, 2.45) is 0 Å². The van der Waals surface area contributed by atoms with E-state index in [1.165, 1.54) is 16.7 Å². The highest BCUT2D eigenvalue weighted by Gasteiger charge is 2.02. The summed E-state index contributed by atoms with van der Waals surface area (Å²) in [4.78, 5) is 0. The molecule has 0 fully saturated rings. The molecule has 0 atom stereocenters. The number of hydrogen-bond donors (Lipinski definition) is 2. The lowest BCUT2D eigenvalue weighted by Gasteiger charge is -2.07. The van der Waals surface area contributed by atoms with Crippen LogP contribution in [0.2, 0.25) is 0 Å². The van der Waals surface area contributed by atoms with E-state index in [1.54, 1.807) is 0 Å². The molecular formula is C14H12N2. The molecule has 0 aliphatic rings. The molecule has 1 heterocycles. The van der Waals surface area contributed by atoms with Gasteiger partial charge in [-0.1, -0.05) is 48.5 Å². The van der Waals surface area contributed by atoms with Crippen LogP contribution < -0.4 is 0 Å². The molecule has 0 aliphatic carbocycles. The minimum absolute atomic E-state index is 1.14. The molecule has 2 N–H and O–H groups in total. The molecule has 3 rings (SSSR count). The van der Waals surface area contributed by atoms with E-state index < -0.39 is 0 Å². The van der Waals surface area contributed by atoms with Crippen LogP contribution in [-0.2, 0) is 0 Å². The topological polar surface area (TPSA) is 31.6 Å². The third kappa shape index (κ3) is 1.54. The maximum Gasteiger partial charge on any atom is 0.0787 e. The van der Waals surface area contributed by atoms with Gasteiger partial charge in [0.1, 0.15) is 0 Å². The monoisotopic (exact) mass is 208 g/mol. The Labute approximate surface area is 93.9 Å². The number of rotatable bonds is 2. The van der Waals surface area contributed by atoms with Crippen molar-refractivity contribution >= 4 is 0 Å². The quantitative estimate of drug-likeness (QED) is 0.644. The van der Waals surface area contributed by atoms with Gasteiger partial charge in [0, 0.05) is 11.8 Å². The van der Waals surface area contributed by atoms with E-state index >= 15 is 0 Å². The van der Waals surface area contributed by atoms with Crippen LogP contribution >= 0.6 is 0 Å². The molecular weight excluding hydrogens is 196 g/mol. The molecule has 2 aromatic carbocycles. The lowest BCUT2D eigenvalue weighted by Crippen LogP contribution is -1.91. The van der Waals surface area contributed by atoms with Gasteiger partial charge in [0.15, 0.2) is 0 Å². The highest BCUT2D eigenvalue weighted by Crippen LogP contribution is 2.24. The predicted octanol–water partition coefficient (Wildman–Crippen LogP) is 3.68. The minimum Gasteiger partial charge on any atom is -0.306 e. The molecule has 0 unspecified atom stereocenters. The second kappa shape index (κ2) is 3.74. The van der Waals surface area contributed by atoms with Crippen LogP contribution in [0.1, 0.15) is 0 Å². The van der Waals surface area contributed by atoms with Gasteiger partial charge < -0.3 is 5.10 Å². The normalized spacial score (nSPS) is 10.5. The van der Waals surface area contributed by atoms with E-state index in [0.29, 0.717) is 0 Å². The average molecular weight is 208 g/mol. The smallest absolute Gasteiger partial charge is 0.0787 e. The molecule has 78 valence electrons. The molecule has 1 aromatic heterocycles. The molecule has 2 nitrogen and oxygen atoms in total. The summed E-state index contributed by atoms with van der Waals surface area (Å²) in [5.74, 6) is 0. The molecule has 0 bridgehead atoms. The van der Waals surface area contributed by atoms with E-state index in [4.69, 9.17) is 0 Å². The molecule has 0 amide bonds. The van der Waals surface area contributed by atoms with Gasteiger partial charge in [-0.25, -0.2) is 0 Å². The van der Waals surface area contributed by atoms with Crippen molar-refractivity contribution in [1.29, 1.82) is 0 Å². The first kappa shape index (κ1) is 9.04. The lowest BCUT2D eigenvalue weighted by atomic mass is 10.0. The molecule has 16 heavy (non-hydrogen) atoms. The van der Waals surface area contributed by atoms with E-state index in [9.17, 15) is 0 Å². The van der Waals surface area contributed by atoms with Gasteiger partial charge in [-0.2, -0.15) is 0 Å². The maximum absolute atomic E-state index is 3.05. The third-order valence-corrected chi connectivity index (χ3v) is 2.70. The minimum atomic E-state index is 1.14. The number of H-pyrrole nitrogens is 2. The van der Waals surface area contributed by atoms with Gasteiger partial charge >= 0.3 is 0 Å². The van der Waals surface area contributed by atoms with Gasteiger partial charge in [0.2, 0.25) is 0 Å². The van der Waals surface area contributed by atoms with Crippen molar-refractivity contribution in [3.8, 4) is 22.4 Å². The van der Waals surface area contributed by atoms with Crippen molar-refractivity contribution in [3.63, 3.8) is 0 Å². The van der Waals surface area contributed by atoms with Crippen LogP contribution in [-0.4, -0.2) is 10.2 Å². The molecule has 0 aliphatic heterocycles. The summed E-state index contributed by atoms with van der Waals surface area (Å²) in [5, 5.41) is 5.96. The SMILES string of the molecule is c1ccc(-c2cccc(-c3c[nH][nH]3)c2)cc1. The van der Waals surface area contributed by atoms with E-state index in [1.807, 2.05) is 12.3 Å². The molecule has 2 heteroatoms. The Morgan fingerprint density at radius 3 is 2.06 bits per heavy atom. The number of aromatic nitrogens is 2. The van der Waals surface area contributed by atoms with Crippen LogP contribution in [0.4, 0.5) is 0 Å². The second-order valence-electron chi connectivity index (χ2n) is 3.77. The fourth-order valence-electron chi connectivity index (χ4n) is 1.80. The Morgan fingerprint density at radius 1 is 0.688 bits per heavy atom. The summed E-state index contributed by atoms with van der Waals surface area (Å²) in [6.07, 6.45) is 1.96. The first-order chi connectivity index (χ1) is 7.93.